The molecule has 2 amide bonds. The third-order valence-corrected chi connectivity index (χ3v) is 5.27. The van der Waals surface area contributed by atoms with E-state index >= 15 is 0 Å². The van der Waals surface area contributed by atoms with Crippen LogP contribution >= 0.6 is 11.6 Å². The molecule has 1 saturated heterocycles. The van der Waals surface area contributed by atoms with Crippen molar-refractivity contribution < 1.29 is 14.3 Å². The summed E-state index contributed by atoms with van der Waals surface area (Å²) in [5.74, 6) is -0.309. The van der Waals surface area contributed by atoms with Gasteiger partial charge in [0.1, 0.15) is 4.87 Å². The Bertz CT molecular complexity index is 858. The number of allylic oxidation sites excluding steroid dienone is 1. The van der Waals surface area contributed by atoms with Gasteiger partial charge in [-0.1, -0.05) is 6.07 Å². The van der Waals surface area contributed by atoms with Gasteiger partial charge in [-0.2, -0.15) is 0 Å². The van der Waals surface area contributed by atoms with E-state index in [4.69, 9.17) is 21.7 Å². The van der Waals surface area contributed by atoms with E-state index in [2.05, 4.69) is 5.32 Å². The maximum atomic E-state index is 13.0. The summed E-state index contributed by atoms with van der Waals surface area (Å²) >= 11 is 6.33. The number of halogens is 1. The maximum Gasteiger partial charge on any atom is 0.247 e. The van der Waals surface area contributed by atoms with Crippen molar-refractivity contribution in [3.8, 4) is 0 Å². The third-order valence-electron chi connectivity index (χ3n) is 5.11. The van der Waals surface area contributed by atoms with Gasteiger partial charge in [-0.3, -0.25) is 9.59 Å². The molecular weight excluding hydrogens is 392 g/mol. The Labute approximate surface area is 176 Å². The van der Waals surface area contributed by atoms with Gasteiger partial charge in [0.15, 0.2) is 0 Å². The monoisotopic (exact) mass is 418 g/mol. The highest BCUT2D eigenvalue weighted by Gasteiger charge is 2.38. The minimum Gasteiger partial charge on any atom is -0.383 e. The van der Waals surface area contributed by atoms with Gasteiger partial charge in [0.2, 0.25) is 11.8 Å². The lowest BCUT2D eigenvalue weighted by Gasteiger charge is -2.42. The van der Waals surface area contributed by atoms with Crippen LogP contribution in [0.15, 0.2) is 24.4 Å². The molecule has 3 rings (SSSR count). The second-order valence-electron chi connectivity index (χ2n) is 7.97. The lowest BCUT2D eigenvalue weighted by Crippen LogP contribution is -2.54. The van der Waals surface area contributed by atoms with Gasteiger partial charge >= 0.3 is 0 Å². The molecule has 0 bridgehead atoms. The fourth-order valence-corrected chi connectivity index (χ4v) is 3.65. The largest absolute Gasteiger partial charge is 0.383 e. The number of nitrogens with zero attached hydrogens (tertiary/aromatic N) is 2. The van der Waals surface area contributed by atoms with Crippen molar-refractivity contribution in [2.75, 3.05) is 29.6 Å². The van der Waals surface area contributed by atoms with E-state index in [0.717, 1.165) is 5.56 Å². The van der Waals surface area contributed by atoms with Crippen LogP contribution in [0.1, 0.15) is 33.3 Å². The van der Waals surface area contributed by atoms with E-state index < -0.39 is 4.87 Å². The molecule has 8 heteroatoms. The molecule has 2 aliphatic rings. The summed E-state index contributed by atoms with van der Waals surface area (Å²) in [5, 5.41) is 11.0. The predicted molar refractivity (Wildman–Crippen MR) is 116 cm³/mol. The number of benzene rings is 1. The van der Waals surface area contributed by atoms with Crippen molar-refractivity contribution in [3.05, 3.63) is 30.0 Å². The van der Waals surface area contributed by atoms with Crippen molar-refractivity contribution in [3.63, 3.8) is 0 Å². The van der Waals surface area contributed by atoms with Crippen LogP contribution in [0.2, 0.25) is 0 Å². The molecule has 0 radical (unpaired) electrons. The third kappa shape index (κ3) is 4.31. The van der Waals surface area contributed by atoms with Gasteiger partial charge in [0.05, 0.1) is 36.7 Å². The first-order valence-electron chi connectivity index (χ1n) is 9.63. The lowest BCUT2D eigenvalue weighted by atomic mass is 10.00. The van der Waals surface area contributed by atoms with E-state index in [1.165, 1.54) is 13.1 Å². The minimum absolute atomic E-state index is 0.0850. The molecule has 2 aliphatic heterocycles. The summed E-state index contributed by atoms with van der Waals surface area (Å²) in [4.78, 5) is 27.6. The Morgan fingerprint density at radius 2 is 2.00 bits per heavy atom. The Hall–Kier alpha value is -2.38. The molecule has 29 heavy (non-hydrogen) atoms. The molecular formula is C21H27ClN4O3. The number of anilines is 2. The number of rotatable bonds is 5. The van der Waals surface area contributed by atoms with Crippen molar-refractivity contribution in [1.29, 1.82) is 5.41 Å². The first kappa shape index (κ1) is 21.3. The van der Waals surface area contributed by atoms with Gasteiger partial charge in [-0.15, -0.1) is 11.6 Å². The highest BCUT2D eigenvalue weighted by atomic mass is 35.5. The number of hydrogen-bond acceptors (Lipinski definition) is 5. The van der Waals surface area contributed by atoms with Gasteiger partial charge in [-0.05, 0) is 38.5 Å². The topological polar surface area (TPSA) is 85.7 Å². The number of carbonyl (C=O) groups excluding carboxylic acids is 2. The minimum atomic E-state index is -1.07. The number of ether oxygens (including phenoxy) is 1. The van der Waals surface area contributed by atoms with E-state index in [9.17, 15) is 9.59 Å². The Morgan fingerprint density at radius 1 is 1.31 bits per heavy atom. The zero-order valence-electron chi connectivity index (χ0n) is 17.2. The predicted octanol–water partition coefficient (Wildman–Crippen LogP) is 2.77. The highest BCUT2D eigenvalue weighted by Crippen LogP contribution is 2.39. The van der Waals surface area contributed by atoms with E-state index in [0.29, 0.717) is 36.7 Å². The van der Waals surface area contributed by atoms with Crippen LogP contribution < -0.4 is 15.1 Å². The molecule has 0 aliphatic carbocycles. The second-order valence-corrected chi connectivity index (χ2v) is 8.92. The molecule has 0 saturated carbocycles. The number of fused-ring (bicyclic) bond motifs is 1. The molecule has 2 N–H and O–H groups in total. The number of nitrogens with one attached hydrogen (secondary N) is 2. The highest BCUT2D eigenvalue weighted by molar-refractivity contribution is 6.36. The zero-order chi connectivity index (χ0) is 21.3. The van der Waals surface area contributed by atoms with Crippen LogP contribution in [-0.4, -0.2) is 54.7 Å². The van der Waals surface area contributed by atoms with Gasteiger partial charge in [0.25, 0.3) is 0 Å². The number of alkyl halides is 1. The average molecular weight is 419 g/mol. The summed E-state index contributed by atoms with van der Waals surface area (Å²) in [6, 6.07) is 5.59. The van der Waals surface area contributed by atoms with Gasteiger partial charge in [-0.25, -0.2) is 0 Å². The summed E-state index contributed by atoms with van der Waals surface area (Å²) in [6.07, 6.45) is 3.05. The molecule has 156 valence electrons. The van der Waals surface area contributed by atoms with Crippen molar-refractivity contribution in [1.82, 2.24) is 5.32 Å². The van der Waals surface area contributed by atoms with Crippen LogP contribution in [0.5, 0.6) is 0 Å². The van der Waals surface area contributed by atoms with Crippen molar-refractivity contribution in [2.45, 2.75) is 44.7 Å². The molecule has 7 nitrogen and oxygen atoms in total. The summed E-state index contributed by atoms with van der Waals surface area (Å²) in [7, 11) is 0. The quantitative estimate of drug-likeness (QED) is 0.568. The Kier molecular flexibility index (Phi) is 6.00. The van der Waals surface area contributed by atoms with E-state index in [1.54, 1.807) is 29.8 Å². The number of carbonyl (C=O) groups is 2. The molecule has 1 aromatic carbocycles. The molecule has 1 fully saturated rings. The molecule has 1 atom stereocenters. The van der Waals surface area contributed by atoms with Crippen LogP contribution in [0.3, 0.4) is 0 Å². The first-order valence-corrected chi connectivity index (χ1v) is 10.0. The Balaban J connectivity index is 2.05. The van der Waals surface area contributed by atoms with Crippen molar-refractivity contribution >= 4 is 46.6 Å². The first-order chi connectivity index (χ1) is 13.6. The fraction of sp³-hybridized carbons (Fsp3) is 0.476. The summed E-state index contributed by atoms with van der Waals surface area (Å²) < 4.78 is 5.15. The lowest BCUT2D eigenvalue weighted by molar-refractivity contribution is -0.121. The van der Waals surface area contributed by atoms with E-state index in [-0.39, 0.29) is 23.9 Å². The molecule has 0 aromatic heterocycles. The standard InChI is InChI=1S/C21H27ClN4O3/c1-13-10-25(20(28)21(3,4)22)19-7-15(5-6-18(19)26(13)14(2)27)16(8-23)9-24-17-11-29-12-17/h5-9,13,17,23-24H,10-12H2,1-4H3/b16-9+,23-8?. The molecule has 2 heterocycles. The maximum absolute atomic E-state index is 13.0. The fourth-order valence-electron chi connectivity index (χ4n) is 3.55. The number of amides is 2. The van der Waals surface area contributed by atoms with Crippen molar-refractivity contribution in [2.24, 2.45) is 0 Å². The molecule has 1 unspecified atom stereocenters. The number of hydrogen-bond donors (Lipinski definition) is 2. The smallest absolute Gasteiger partial charge is 0.247 e. The van der Waals surface area contributed by atoms with Gasteiger partial charge in [0, 0.05) is 31.5 Å². The van der Waals surface area contributed by atoms with Crippen LogP contribution in [0, 0.1) is 5.41 Å². The average Bonchev–Trinajstić information content (AvgIpc) is 2.61. The Morgan fingerprint density at radius 3 is 2.52 bits per heavy atom. The van der Waals surface area contributed by atoms with Crippen LogP contribution in [0.4, 0.5) is 11.4 Å². The van der Waals surface area contributed by atoms with Gasteiger partial charge < -0.3 is 25.3 Å². The van der Waals surface area contributed by atoms with Crippen LogP contribution in [-0.2, 0) is 14.3 Å². The van der Waals surface area contributed by atoms with Crippen LogP contribution in [0.25, 0.3) is 5.57 Å². The van der Waals surface area contributed by atoms with E-state index in [1.807, 2.05) is 25.1 Å². The molecule has 0 spiro atoms. The molecule has 1 aromatic rings. The normalized spacial score (nSPS) is 20.0. The SMILES string of the molecule is CC(=O)N1c2ccc(/C(C=N)=C/NC3COC3)cc2N(C(=O)C(C)(C)Cl)CC1C. The summed E-state index contributed by atoms with van der Waals surface area (Å²) in [5.41, 5.74) is 2.73. The zero-order valence-corrected chi connectivity index (χ0v) is 17.9. The second kappa shape index (κ2) is 8.16. The summed E-state index contributed by atoms with van der Waals surface area (Å²) in [6.45, 7) is 8.39.